The number of nitrogens with zero attached hydrogens (tertiary/aromatic N) is 1. The lowest BCUT2D eigenvalue weighted by molar-refractivity contribution is 0.0955. The van der Waals surface area contributed by atoms with Crippen molar-refractivity contribution in [2.45, 2.75) is 13.5 Å². The van der Waals surface area contributed by atoms with E-state index in [0.717, 1.165) is 10.6 Å². The van der Waals surface area contributed by atoms with Crippen molar-refractivity contribution in [3.05, 3.63) is 40.1 Å². The molecule has 0 fully saturated rings. The molecule has 0 unspecified atom stereocenters. The smallest absolute Gasteiger partial charge is 0.263 e. The summed E-state index contributed by atoms with van der Waals surface area (Å²) >= 11 is 1.40. The van der Waals surface area contributed by atoms with Gasteiger partial charge in [-0.1, -0.05) is 0 Å². The Hall–Kier alpha value is -1.62. The minimum atomic E-state index is -0.0678. The number of rotatable bonds is 3. The van der Waals surface area contributed by atoms with Crippen LogP contribution in [0.5, 0.6) is 0 Å². The van der Waals surface area contributed by atoms with Crippen molar-refractivity contribution in [3.8, 4) is 0 Å². The Bertz CT molecular complexity index is 447. The van der Waals surface area contributed by atoms with E-state index in [1.807, 2.05) is 25.4 Å². The molecule has 0 saturated carbocycles. The summed E-state index contributed by atoms with van der Waals surface area (Å²) in [6.45, 7) is 2.42. The van der Waals surface area contributed by atoms with Crippen LogP contribution in [0, 0.1) is 6.92 Å². The quantitative estimate of drug-likeness (QED) is 0.829. The molecule has 0 aliphatic carbocycles. The third-order valence-corrected chi connectivity index (χ3v) is 2.87. The molecule has 2 N–H and O–H groups in total. The number of hydrogen-bond donors (Lipinski definition) is 2. The van der Waals surface area contributed by atoms with E-state index in [-0.39, 0.29) is 5.91 Å². The van der Waals surface area contributed by atoms with Crippen molar-refractivity contribution in [2.24, 2.45) is 0 Å². The Morgan fingerprint density at radius 3 is 3.13 bits per heavy atom. The molecule has 2 aromatic rings. The van der Waals surface area contributed by atoms with Gasteiger partial charge in [0.25, 0.3) is 5.91 Å². The normalized spacial score (nSPS) is 10.2. The maximum atomic E-state index is 11.6. The fourth-order valence-corrected chi connectivity index (χ4v) is 1.90. The number of thiazole rings is 1. The second-order valence-corrected chi connectivity index (χ2v) is 4.38. The number of aryl methyl sites for hydroxylation is 1. The lowest BCUT2D eigenvalue weighted by Gasteiger charge is -2.00. The highest BCUT2D eigenvalue weighted by molar-refractivity contribution is 7.13. The molecule has 0 radical (unpaired) electrons. The van der Waals surface area contributed by atoms with Gasteiger partial charge in [0.05, 0.1) is 11.2 Å². The van der Waals surface area contributed by atoms with E-state index in [0.29, 0.717) is 11.4 Å². The molecule has 0 aromatic carbocycles. The predicted octanol–water partition coefficient (Wildman–Crippen LogP) is 1.71. The third-order valence-electron chi connectivity index (χ3n) is 1.96. The van der Waals surface area contributed by atoms with Crippen LogP contribution in [0.15, 0.2) is 24.7 Å². The van der Waals surface area contributed by atoms with Crippen LogP contribution in [0.4, 0.5) is 0 Å². The monoisotopic (exact) mass is 221 g/mol. The summed E-state index contributed by atoms with van der Waals surface area (Å²) in [6.07, 6.45) is 5.29. The fourth-order valence-electron chi connectivity index (χ4n) is 1.20. The zero-order valence-electron chi connectivity index (χ0n) is 8.28. The fraction of sp³-hybridized carbons (Fsp3) is 0.200. The molecular formula is C10H11N3OS. The lowest BCUT2D eigenvalue weighted by atomic mass is 10.3. The molecule has 5 heteroatoms. The van der Waals surface area contributed by atoms with Gasteiger partial charge in [-0.15, -0.1) is 11.3 Å². The Balaban J connectivity index is 1.93. The summed E-state index contributed by atoms with van der Waals surface area (Å²) in [5.41, 5.74) is 1.06. The van der Waals surface area contributed by atoms with E-state index in [2.05, 4.69) is 15.3 Å². The lowest BCUT2D eigenvalue weighted by Crippen LogP contribution is -2.21. The molecule has 0 spiro atoms. The summed E-state index contributed by atoms with van der Waals surface area (Å²) in [5, 5.41) is 3.73. The number of nitrogens with one attached hydrogen (secondary N) is 2. The van der Waals surface area contributed by atoms with Gasteiger partial charge in [-0.25, -0.2) is 4.98 Å². The second kappa shape index (κ2) is 4.27. The molecule has 1 amide bonds. The number of carbonyl (C=O) groups excluding carboxylic acids is 1. The van der Waals surface area contributed by atoms with Crippen LogP contribution in [-0.4, -0.2) is 15.9 Å². The highest BCUT2D eigenvalue weighted by atomic mass is 32.1. The largest absolute Gasteiger partial charge is 0.367 e. The molecule has 0 aliphatic rings. The first-order valence-corrected chi connectivity index (χ1v) is 5.39. The van der Waals surface area contributed by atoms with Gasteiger partial charge in [0, 0.05) is 18.9 Å². The highest BCUT2D eigenvalue weighted by Crippen LogP contribution is 2.11. The standard InChI is InChI=1S/C10H11N3OS/c1-7-12-6-9(15-7)10(14)13-5-8-2-3-11-4-8/h2-4,6,11H,5H2,1H3,(H,13,14). The summed E-state index contributed by atoms with van der Waals surface area (Å²) in [5.74, 6) is -0.0678. The third kappa shape index (κ3) is 2.44. The summed E-state index contributed by atoms with van der Waals surface area (Å²) in [6, 6.07) is 1.93. The second-order valence-electron chi connectivity index (χ2n) is 3.15. The number of aromatic nitrogens is 2. The molecule has 2 heterocycles. The summed E-state index contributed by atoms with van der Waals surface area (Å²) < 4.78 is 0. The van der Waals surface area contributed by atoms with Gasteiger partial charge >= 0.3 is 0 Å². The van der Waals surface area contributed by atoms with Crippen molar-refractivity contribution >= 4 is 17.2 Å². The number of amides is 1. The van der Waals surface area contributed by atoms with Crippen molar-refractivity contribution < 1.29 is 4.79 Å². The molecule has 15 heavy (non-hydrogen) atoms. The first-order chi connectivity index (χ1) is 7.25. The minimum Gasteiger partial charge on any atom is -0.367 e. The zero-order valence-corrected chi connectivity index (χ0v) is 9.10. The minimum absolute atomic E-state index is 0.0678. The van der Waals surface area contributed by atoms with E-state index in [1.54, 1.807) is 6.20 Å². The zero-order chi connectivity index (χ0) is 10.7. The summed E-state index contributed by atoms with van der Waals surface area (Å²) in [4.78, 5) is 19.2. The Morgan fingerprint density at radius 2 is 2.53 bits per heavy atom. The number of carbonyl (C=O) groups is 1. The SMILES string of the molecule is Cc1ncc(C(=O)NCc2cc[nH]c2)s1. The Morgan fingerprint density at radius 1 is 1.67 bits per heavy atom. The number of H-pyrrole nitrogens is 1. The Kier molecular flexibility index (Phi) is 2.82. The van der Waals surface area contributed by atoms with Crippen LogP contribution in [-0.2, 0) is 6.54 Å². The van der Waals surface area contributed by atoms with Gasteiger partial charge in [-0.3, -0.25) is 4.79 Å². The first-order valence-electron chi connectivity index (χ1n) is 4.58. The average Bonchev–Trinajstić information content (AvgIpc) is 2.84. The van der Waals surface area contributed by atoms with E-state index in [1.165, 1.54) is 11.3 Å². The maximum Gasteiger partial charge on any atom is 0.263 e. The van der Waals surface area contributed by atoms with Crippen LogP contribution >= 0.6 is 11.3 Å². The van der Waals surface area contributed by atoms with Crippen molar-refractivity contribution in [1.82, 2.24) is 15.3 Å². The number of hydrogen-bond acceptors (Lipinski definition) is 3. The first kappa shape index (κ1) is 9.92. The molecule has 2 rings (SSSR count). The van der Waals surface area contributed by atoms with E-state index < -0.39 is 0 Å². The van der Waals surface area contributed by atoms with Gasteiger partial charge in [-0.2, -0.15) is 0 Å². The van der Waals surface area contributed by atoms with Gasteiger partial charge in [0.2, 0.25) is 0 Å². The number of aromatic amines is 1. The van der Waals surface area contributed by atoms with E-state index in [4.69, 9.17) is 0 Å². The van der Waals surface area contributed by atoms with Crippen LogP contribution in [0.25, 0.3) is 0 Å². The predicted molar refractivity (Wildman–Crippen MR) is 58.8 cm³/mol. The molecule has 78 valence electrons. The van der Waals surface area contributed by atoms with Crippen LogP contribution in [0.1, 0.15) is 20.2 Å². The maximum absolute atomic E-state index is 11.6. The van der Waals surface area contributed by atoms with Crippen LogP contribution in [0.3, 0.4) is 0 Å². The average molecular weight is 221 g/mol. The van der Waals surface area contributed by atoms with Gasteiger partial charge < -0.3 is 10.3 Å². The van der Waals surface area contributed by atoms with Gasteiger partial charge in [-0.05, 0) is 18.6 Å². The van der Waals surface area contributed by atoms with Crippen molar-refractivity contribution in [3.63, 3.8) is 0 Å². The summed E-state index contributed by atoms with van der Waals surface area (Å²) in [7, 11) is 0. The molecule has 4 nitrogen and oxygen atoms in total. The highest BCUT2D eigenvalue weighted by Gasteiger charge is 2.08. The van der Waals surface area contributed by atoms with Crippen LogP contribution in [0.2, 0.25) is 0 Å². The molecule has 2 aromatic heterocycles. The van der Waals surface area contributed by atoms with Crippen molar-refractivity contribution in [1.29, 1.82) is 0 Å². The Labute approximate surface area is 91.4 Å². The molecule has 0 atom stereocenters. The molecular weight excluding hydrogens is 210 g/mol. The molecule has 0 saturated heterocycles. The van der Waals surface area contributed by atoms with Crippen molar-refractivity contribution in [2.75, 3.05) is 0 Å². The van der Waals surface area contributed by atoms with Gasteiger partial charge in [0.1, 0.15) is 4.88 Å². The topological polar surface area (TPSA) is 57.8 Å². The van der Waals surface area contributed by atoms with Crippen LogP contribution < -0.4 is 5.32 Å². The van der Waals surface area contributed by atoms with E-state index >= 15 is 0 Å². The molecule has 0 aliphatic heterocycles. The van der Waals surface area contributed by atoms with Gasteiger partial charge in [0.15, 0.2) is 0 Å². The van der Waals surface area contributed by atoms with E-state index in [9.17, 15) is 4.79 Å². The molecule has 0 bridgehead atoms.